The van der Waals surface area contributed by atoms with E-state index in [0.29, 0.717) is 29.9 Å². The van der Waals surface area contributed by atoms with E-state index < -0.39 is 5.97 Å². The second-order valence-corrected chi connectivity index (χ2v) is 8.76. The number of carbonyl (C=O) groups is 1. The average molecular weight is 358 g/mol. The summed E-state index contributed by atoms with van der Waals surface area (Å²) in [4.78, 5) is 12.3. The maximum Gasteiger partial charge on any atom is 0.341 e. The van der Waals surface area contributed by atoms with Crippen molar-refractivity contribution in [2.45, 2.75) is 70.8 Å². The third kappa shape index (κ3) is 2.65. The highest BCUT2D eigenvalue weighted by molar-refractivity contribution is 5.93. The lowest BCUT2D eigenvalue weighted by molar-refractivity contribution is -0.0226. The molecule has 0 aromatic heterocycles. The molecule has 0 heterocycles. The molecule has 142 valence electrons. The number of aromatic hydroxyl groups is 1. The summed E-state index contributed by atoms with van der Waals surface area (Å²) in [6.07, 6.45) is 6.77. The minimum Gasteiger partial charge on any atom is -0.507 e. The summed E-state index contributed by atoms with van der Waals surface area (Å²) in [6, 6.07) is 3.68. The van der Waals surface area contributed by atoms with Crippen LogP contribution in [0.2, 0.25) is 0 Å². The maximum absolute atomic E-state index is 12.3. The number of ether oxygens (including phenoxy) is 1. The minimum atomic E-state index is -0.425. The Labute approximate surface area is 155 Å². The van der Waals surface area contributed by atoms with Gasteiger partial charge in [0.25, 0.3) is 0 Å². The van der Waals surface area contributed by atoms with Crippen LogP contribution < -0.4 is 0 Å². The van der Waals surface area contributed by atoms with Crippen LogP contribution in [0.3, 0.4) is 0 Å². The summed E-state index contributed by atoms with van der Waals surface area (Å²) < 4.78 is 5.25. The Bertz CT molecular complexity index is 712. The Morgan fingerprint density at radius 1 is 1.27 bits per heavy atom. The molecule has 4 nitrogen and oxygen atoms in total. The Morgan fingerprint density at radius 2 is 2.08 bits per heavy atom. The first-order valence-corrected chi connectivity index (χ1v) is 10.2. The normalized spacial score (nSPS) is 35.3. The van der Waals surface area contributed by atoms with Gasteiger partial charge in [0.1, 0.15) is 11.3 Å². The lowest BCUT2D eigenvalue weighted by Crippen LogP contribution is -2.44. The summed E-state index contributed by atoms with van der Waals surface area (Å²) >= 11 is 0. The summed E-state index contributed by atoms with van der Waals surface area (Å²) in [7, 11) is 0. The quantitative estimate of drug-likeness (QED) is 0.796. The van der Waals surface area contributed by atoms with E-state index in [4.69, 9.17) is 4.74 Å². The molecule has 0 aliphatic heterocycles. The topological polar surface area (TPSA) is 66.8 Å². The predicted molar refractivity (Wildman–Crippen MR) is 99.3 cm³/mol. The number of rotatable bonds is 3. The Kier molecular flexibility index (Phi) is 4.50. The molecule has 0 bridgehead atoms. The van der Waals surface area contributed by atoms with Crippen LogP contribution in [-0.4, -0.2) is 28.9 Å². The van der Waals surface area contributed by atoms with Gasteiger partial charge in [-0.1, -0.05) is 13.8 Å². The van der Waals surface area contributed by atoms with E-state index in [9.17, 15) is 15.0 Å². The van der Waals surface area contributed by atoms with Crippen LogP contribution in [0.5, 0.6) is 5.75 Å². The number of esters is 1. The van der Waals surface area contributed by atoms with Gasteiger partial charge in [0.2, 0.25) is 0 Å². The van der Waals surface area contributed by atoms with Crippen molar-refractivity contribution in [3.05, 3.63) is 28.8 Å². The zero-order valence-electron chi connectivity index (χ0n) is 15.8. The van der Waals surface area contributed by atoms with E-state index in [1.54, 1.807) is 6.07 Å². The van der Waals surface area contributed by atoms with E-state index in [1.807, 2.05) is 13.0 Å². The highest BCUT2D eigenvalue weighted by Crippen LogP contribution is 2.61. The van der Waals surface area contributed by atoms with Crippen LogP contribution >= 0.6 is 0 Å². The fourth-order valence-electron chi connectivity index (χ4n) is 6.02. The molecular weight excluding hydrogens is 328 g/mol. The van der Waals surface area contributed by atoms with Gasteiger partial charge in [-0.05, 0) is 91.4 Å². The fourth-order valence-corrected chi connectivity index (χ4v) is 6.02. The van der Waals surface area contributed by atoms with E-state index >= 15 is 0 Å². The van der Waals surface area contributed by atoms with Gasteiger partial charge in [0.15, 0.2) is 0 Å². The molecular formula is C22H30O4. The van der Waals surface area contributed by atoms with Crippen molar-refractivity contribution in [2.24, 2.45) is 17.3 Å². The molecule has 3 aliphatic carbocycles. The first-order valence-electron chi connectivity index (χ1n) is 10.2. The molecule has 2 N–H and O–H groups in total. The van der Waals surface area contributed by atoms with Gasteiger partial charge in [-0.15, -0.1) is 0 Å². The van der Waals surface area contributed by atoms with Crippen molar-refractivity contribution in [1.82, 2.24) is 0 Å². The third-order valence-electron chi connectivity index (χ3n) is 7.45. The van der Waals surface area contributed by atoms with E-state index in [2.05, 4.69) is 6.92 Å². The number of carbonyl (C=O) groups excluding carboxylic acids is 1. The second-order valence-electron chi connectivity index (χ2n) is 8.76. The lowest BCUT2D eigenvalue weighted by atomic mass is 9.55. The van der Waals surface area contributed by atoms with Crippen molar-refractivity contribution < 1.29 is 19.7 Å². The highest BCUT2D eigenvalue weighted by atomic mass is 16.5. The molecule has 5 atom stereocenters. The van der Waals surface area contributed by atoms with Crippen molar-refractivity contribution in [2.75, 3.05) is 6.61 Å². The standard InChI is InChI=1S/C22H30O4/c1-3-10-26-21(25)17-12-16-13(11-19(17)23)4-5-15-14(16)8-9-22(2)18(15)6-7-20(22)24/h11-12,14-15,18,20,23-24H,3-10H2,1-2H3/t14?,15?,18?,20?,22-/m0/s1. The van der Waals surface area contributed by atoms with E-state index in [0.717, 1.165) is 44.9 Å². The number of phenols is 1. The SMILES string of the molecule is CCCOC(=O)c1cc2c(cc1O)CCC1C2CC[C@]2(C)C(O)CCC12. The largest absolute Gasteiger partial charge is 0.507 e. The summed E-state index contributed by atoms with van der Waals surface area (Å²) in [5.74, 6) is 1.18. The molecule has 4 rings (SSSR count). The fraction of sp³-hybridized carbons (Fsp3) is 0.682. The average Bonchev–Trinajstić information content (AvgIpc) is 2.94. The Hall–Kier alpha value is -1.55. The molecule has 1 aromatic carbocycles. The van der Waals surface area contributed by atoms with E-state index in [-0.39, 0.29) is 17.3 Å². The molecule has 0 radical (unpaired) electrons. The first kappa shape index (κ1) is 17.8. The van der Waals surface area contributed by atoms with Crippen LogP contribution in [0.15, 0.2) is 12.1 Å². The van der Waals surface area contributed by atoms with Crippen molar-refractivity contribution >= 4 is 5.97 Å². The monoisotopic (exact) mass is 358 g/mol. The number of hydrogen-bond acceptors (Lipinski definition) is 4. The molecule has 4 unspecified atom stereocenters. The molecule has 0 spiro atoms. The third-order valence-corrected chi connectivity index (χ3v) is 7.45. The van der Waals surface area contributed by atoms with Crippen LogP contribution in [0, 0.1) is 17.3 Å². The zero-order chi connectivity index (χ0) is 18.5. The molecule has 3 aliphatic rings. The summed E-state index contributed by atoms with van der Waals surface area (Å²) in [6.45, 7) is 4.60. The number of benzene rings is 1. The number of aliphatic hydroxyl groups is 1. The maximum atomic E-state index is 12.3. The van der Waals surface area contributed by atoms with Crippen LogP contribution in [-0.2, 0) is 11.2 Å². The predicted octanol–water partition coefficient (Wildman–Crippen LogP) is 4.18. The number of fused-ring (bicyclic) bond motifs is 5. The molecule has 26 heavy (non-hydrogen) atoms. The van der Waals surface area contributed by atoms with Gasteiger partial charge in [-0.3, -0.25) is 0 Å². The van der Waals surface area contributed by atoms with Crippen LogP contribution in [0.1, 0.15) is 79.8 Å². The van der Waals surface area contributed by atoms with Gasteiger partial charge in [-0.25, -0.2) is 4.79 Å². The summed E-state index contributed by atoms with van der Waals surface area (Å²) in [5.41, 5.74) is 2.76. The number of aryl methyl sites for hydroxylation is 1. The van der Waals surface area contributed by atoms with Crippen molar-refractivity contribution in [3.8, 4) is 5.75 Å². The van der Waals surface area contributed by atoms with Crippen LogP contribution in [0.4, 0.5) is 0 Å². The number of aliphatic hydroxyl groups excluding tert-OH is 1. The van der Waals surface area contributed by atoms with Gasteiger partial charge >= 0.3 is 5.97 Å². The molecule has 4 heteroatoms. The van der Waals surface area contributed by atoms with Crippen molar-refractivity contribution in [1.29, 1.82) is 0 Å². The lowest BCUT2D eigenvalue weighted by Gasteiger charge is -2.50. The number of hydrogen-bond donors (Lipinski definition) is 2. The minimum absolute atomic E-state index is 0.0419. The Morgan fingerprint density at radius 3 is 2.85 bits per heavy atom. The molecule has 0 amide bonds. The number of phenolic OH excluding ortho intramolecular Hbond substituents is 1. The second kappa shape index (κ2) is 6.56. The van der Waals surface area contributed by atoms with Gasteiger partial charge in [-0.2, -0.15) is 0 Å². The summed E-state index contributed by atoms with van der Waals surface area (Å²) in [5, 5.41) is 20.8. The highest BCUT2D eigenvalue weighted by Gasteiger charge is 2.54. The van der Waals surface area contributed by atoms with Gasteiger partial charge < -0.3 is 14.9 Å². The zero-order valence-corrected chi connectivity index (χ0v) is 15.8. The molecule has 1 aromatic rings. The smallest absolute Gasteiger partial charge is 0.341 e. The van der Waals surface area contributed by atoms with E-state index in [1.165, 1.54) is 11.1 Å². The van der Waals surface area contributed by atoms with Crippen molar-refractivity contribution in [3.63, 3.8) is 0 Å². The van der Waals surface area contributed by atoms with Crippen LogP contribution in [0.25, 0.3) is 0 Å². The molecule has 0 saturated heterocycles. The Balaban J connectivity index is 1.66. The first-order chi connectivity index (χ1) is 12.5. The van der Waals surface area contributed by atoms with Gasteiger partial charge in [0.05, 0.1) is 12.7 Å². The van der Waals surface area contributed by atoms with Gasteiger partial charge in [0, 0.05) is 0 Å². The molecule has 2 fully saturated rings. The molecule has 2 saturated carbocycles.